The van der Waals surface area contributed by atoms with Gasteiger partial charge in [0, 0.05) is 6.54 Å². The molecule has 0 bridgehead atoms. The molecule has 1 rings (SSSR count). The quantitative estimate of drug-likeness (QED) is 0.639. The van der Waals surface area contributed by atoms with Gasteiger partial charge in [0.25, 0.3) is 0 Å². The van der Waals surface area contributed by atoms with E-state index < -0.39 is 0 Å². The van der Waals surface area contributed by atoms with Crippen molar-refractivity contribution >= 4 is 0 Å². The van der Waals surface area contributed by atoms with Crippen molar-refractivity contribution in [3.05, 3.63) is 0 Å². The summed E-state index contributed by atoms with van der Waals surface area (Å²) >= 11 is 0. The van der Waals surface area contributed by atoms with Gasteiger partial charge in [-0.25, -0.2) is 0 Å². The fourth-order valence-electron chi connectivity index (χ4n) is 2.05. The van der Waals surface area contributed by atoms with Gasteiger partial charge in [-0.05, 0) is 38.3 Å². The number of aliphatic hydroxyl groups is 1. The van der Waals surface area contributed by atoms with Crippen LogP contribution in [0, 0.1) is 5.92 Å². The van der Waals surface area contributed by atoms with E-state index in [4.69, 9.17) is 5.73 Å². The number of hydrogen-bond donors (Lipinski definition) is 2. The molecule has 1 unspecified atom stereocenters. The average molecular weight is 200 g/mol. The van der Waals surface area contributed by atoms with Crippen LogP contribution in [-0.4, -0.2) is 41.8 Å². The largest absolute Gasteiger partial charge is 0.394 e. The van der Waals surface area contributed by atoms with Gasteiger partial charge in [0.15, 0.2) is 0 Å². The van der Waals surface area contributed by atoms with E-state index in [1.165, 1.54) is 12.8 Å². The Morgan fingerprint density at radius 2 is 2.07 bits per heavy atom. The van der Waals surface area contributed by atoms with Crippen LogP contribution >= 0.6 is 0 Å². The summed E-state index contributed by atoms with van der Waals surface area (Å²) in [7, 11) is 0. The summed E-state index contributed by atoms with van der Waals surface area (Å²) in [5, 5.41) is 9.36. The first-order valence-corrected chi connectivity index (χ1v) is 5.78. The zero-order valence-electron chi connectivity index (χ0n) is 9.50. The van der Waals surface area contributed by atoms with Gasteiger partial charge in [0.05, 0.1) is 12.1 Å². The van der Waals surface area contributed by atoms with E-state index in [0.717, 1.165) is 26.1 Å². The van der Waals surface area contributed by atoms with Gasteiger partial charge >= 0.3 is 0 Å². The Hall–Kier alpha value is -0.120. The highest BCUT2D eigenvalue weighted by Crippen LogP contribution is 2.38. The van der Waals surface area contributed by atoms with Crippen LogP contribution in [-0.2, 0) is 0 Å². The van der Waals surface area contributed by atoms with Gasteiger partial charge < -0.3 is 15.7 Å². The first kappa shape index (κ1) is 12.0. The van der Waals surface area contributed by atoms with E-state index >= 15 is 0 Å². The molecule has 0 aromatic carbocycles. The molecule has 1 aliphatic rings. The lowest BCUT2D eigenvalue weighted by Crippen LogP contribution is -2.55. The van der Waals surface area contributed by atoms with Crippen molar-refractivity contribution in [2.45, 2.75) is 38.6 Å². The van der Waals surface area contributed by atoms with Gasteiger partial charge in [0.1, 0.15) is 0 Å². The van der Waals surface area contributed by atoms with Crippen molar-refractivity contribution in [2.24, 2.45) is 11.7 Å². The van der Waals surface area contributed by atoms with Crippen molar-refractivity contribution < 1.29 is 5.11 Å². The Kier molecular flexibility index (Phi) is 4.35. The predicted octanol–water partition coefficient (Wildman–Crippen LogP) is 0.818. The van der Waals surface area contributed by atoms with Gasteiger partial charge in [-0.1, -0.05) is 13.8 Å². The van der Waals surface area contributed by atoms with Crippen LogP contribution in [0.5, 0.6) is 0 Å². The van der Waals surface area contributed by atoms with Crippen LogP contribution in [0.15, 0.2) is 0 Å². The van der Waals surface area contributed by atoms with E-state index in [0.29, 0.717) is 5.92 Å². The van der Waals surface area contributed by atoms with Crippen LogP contribution in [0.4, 0.5) is 0 Å². The molecule has 0 amide bonds. The maximum Gasteiger partial charge on any atom is 0.0626 e. The Balaban J connectivity index is 2.44. The Labute approximate surface area is 87.3 Å². The zero-order chi connectivity index (χ0) is 10.6. The van der Waals surface area contributed by atoms with Crippen LogP contribution < -0.4 is 5.73 Å². The first-order valence-electron chi connectivity index (χ1n) is 5.78. The molecule has 3 heteroatoms. The maximum absolute atomic E-state index is 9.36. The van der Waals surface area contributed by atoms with Crippen molar-refractivity contribution in [1.29, 1.82) is 0 Å². The molecule has 84 valence electrons. The minimum atomic E-state index is -0.342. The van der Waals surface area contributed by atoms with E-state index in [1.807, 2.05) is 0 Å². The second-order valence-corrected chi connectivity index (χ2v) is 4.53. The first-order chi connectivity index (χ1) is 6.66. The van der Waals surface area contributed by atoms with Crippen LogP contribution in [0.25, 0.3) is 0 Å². The van der Waals surface area contributed by atoms with Crippen LogP contribution in [0.2, 0.25) is 0 Å². The molecule has 1 aliphatic carbocycles. The van der Waals surface area contributed by atoms with Crippen LogP contribution in [0.1, 0.15) is 33.1 Å². The number of hydrogen-bond acceptors (Lipinski definition) is 3. The molecule has 3 nitrogen and oxygen atoms in total. The fourth-order valence-corrected chi connectivity index (χ4v) is 2.05. The highest BCUT2D eigenvalue weighted by Gasteiger charge is 2.42. The predicted molar refractivity (Wildman–Crippen MR) is 59.1 cm³/mol. The van der Waals surface area contributed by atoms with Gasteiger partial charge in [-0.15, -0.1) is 0 Å². The summed E-state index contributed by atoms with van der Waals surface area (Å²) in [6.07, 6.45) is 3.54. The molecule has 0 aromatic heterocycles. The molecule has 0 saturated heterocycles. The summed E-state index contributed by atoms with van der Waals surface area (Å²) in [6, 6.07) is 0. The Morgan fingerprint density at radius 3 is 2.43 bits per heavy atom. The second-order valence-electron chi connectivity index (χ2n) is 4.53. The molecule has 0 aromatic rings. The minimum Gasteiger partial charge on any atom is -0.394 e. The monoisotopic (exact) mass is 200 g/mol. The molecule has 0 aliphatic heterocycles. The second kappa shape index (κ2) is 5.10. The molecular formula is C11H24N2O. The molecule has 14 heavy (non-hydrogen) atoms. The third kappa shape index (κ3) is 2.94. The Bertz CT molecular complexity index is 171. The number of nitrogens with two attached hydrogens (primary N) is 1. The third-order valence-electron chi connectivity index (χ3n) is 3.19. The van der Waals surface area contributed by atoms with Crippen molar-refractivity contribution in [3.8, 4) is 0 Å². The molecule has 0 spiro atoms. The lowest BCUT2D eigenvalue weighted by molar-refractivity contribution is 0.123. The van der Waals surface area contributed by atoms with Crippen LogP contribution in [0.3, 0.4) is 0 Å². The molecule has 3 N–H and O–H groups in total. The fraction of sp³-hybridized carbons (Fsp3) is 1.00. The summed E-state index contributed by atoms with van der Waals surface area (Å²) in [5.41, 5.74) is 5.88. The SMILES string of the molecule is CCCN(CC)CC(N)(CO)C1CC1. The molecular weight excluding hydrogens is 176 g/mol. The topological polar surface area (TPSA) is 49.5 Å². The summed E-state index contributed by atoms with van der Waals surface area (Å²) in [6.45, 7) is 7.41. The van der Waals surface area contributed by atoms with E-state index in [-0.39, 0.29) is 12.1 Å². The number of aliphatic hydroxyl groups excluding tert-OH is 1. The summed E-state index contributed by atoms with van der Waals surface area (Å²) in [5.74, 6) is 0.554. The third-order valence-corrected chi connectivity index (χ3v) is 3.19. The molecule has 0 radical (unpaired) electrons. The van der Waals surface area contributed by atoms with Crippen molar-refractivity contribution in [2.75, 3.05) is 26.2 Å². The molecule has 1 saturated carbocycles. The number of rotatable bonds is 7. The maximum atomic E-state index is 9.36. The van der Waals surface area contributed by atoms with Gasteiger partial charge in [-0.3, -0.25) is 0 Å². The smallest absolute Gasteiger partial charge is 0.0626 e. The Morgan fingerprint density at radius 1 is 1.43 bits per heavy atom. The lowest BCUT2D eigenvalue weighted by atomic mass is 9.95. The molecule has 0 heterocycles. The standard InChI is InChI=1S/C11H24N2O/c1-3-7-13(4-2)8-11(12,9-14)10-5-6-10/h10,14H,3-9,12H2,1-2H3. The van der Waals surface area contributed by atoms with Crippen molar-refractivity contribution in [3.63, 3.8) is 0 Å². The number of likely N-dealkylation sites (N-methyl/N-ethyl adjacent to an activating group) is 1. The lowest BCUT2D eigenvalue weighted by Gasteiger charge is -2.33. The van der Waals surface area contributed by atoms with Crippen molar-refractivity contribution in [1.82, 2.24) is 4.90 Å². The van der Waals surface area contributed by atoms with E-state index in [1.54, 1.807) is 0 Å². The van der Waals surface area contributed by atoms with E-state index in [2.05, 4.69) is 18.7 Å². The molecule has 1 fully saturated rings. The highest BCUT2D eigenvalue weighted by atomic mass is 16.3. The average Bonchev–Trinajstić information content (AvgIpc) is 3.00. The summed E-state index contributed by atoms with van der Waals surface area (Å²) < 4.78 is 0. The van der Waals surface area contributed by atoms with Gasteiger partial charge in [0.2, 0.25) is 0 Å². The molecule has 1 atom stereocenters. The van der Waals surface area contributed by atoms with Gasteiger partial charge in [-0.2, -0.15) is 0 Å². The zero-order valence-corrected chi connectivity index (χ0v) is 9.50. The highest BCUT2D eigenvalue weighted by molar-refractivity contribution is 5.00. The normalized spacial score (nSPS) is 21.2. The summed E-state index contributed by atoms with van der Waals surface area (Å²) in [4.78, 5) is 2.34. The number of nitrogens with zero attached hydrogens (tertiary/aromatic N) is 1. The minimum absolute atomic E-state index is 0.123. The van der Waals surface area contributed by atoms with E-state index in [9.17, 15) is 5.11 Å².